The number of nitro groups is 1. The van der Waals surface area contributed by atoms with Crippen molar-refractivity contribution in [2.45, 2.75) is 25.7 Å². The minimum absolute atomic E-state index is 0.0542. The van der Waals surface area contributed by atoms with Crippen LogP contribution in [0.25, 0.3) is 0 Å². The van der Waals surface area contributed by atoms with Gasteiger partial charge < -0.3 is 4.74 Å². The zero-order chi connectivity index (χ0) is 15.5. The summed E-state index contributed by atoms with van der Waals surface area (Å²) < 4.78 is 6.04. The fourth-order valence-electron chi connectivity index (χ4n) is 2.82. The first-order chi connectivity index (χ1) is 10.6. The van der Waals surface area contributed by atoms with Gasteiger partial charge in [-0.2, -0.15) is 0 Å². The number of thiophene rings is 1. The Balaban J connectivity index is 1.69. The lowest BCUT2D eigenvalue weighted by atomic mass is 10.1. The van der Waals surface area contributed by atoms with Crippen molar-refractivity contribution in [3.63, 3.8) is 0 Å². The van der Waals surface area contributed by atoms with Crippen LogP contribution in [-0.2, 0) is 11.3 Å². The molecule has 1 saturated heterocycles. The van der Waals surface area contributed by atoms with Crippen LogP contribution in [0.1, 0.15) is 24.2 Å². The van der Waals surface area contributed by atoms with E-state index < -0.39 is 0 Å². The van der Waals surface area contributed by atoms with E-state index >= 15 is 0 Å². The summed E-state index contributed by atoms with van der Waals surface area (Å²) in [4.78, 5) is 12.8. The molecule has 0 radical (unpaired) electrons. The molecule has 2 heterocycles. The fourth-order valence-corrected chi connectivity index (χ4v) is 3.54. The highest BCUT2D eigenvalue weighted by molar-refractivity contribution is 7.13. The summed E-state index contributed by atoms with van der Waals surface area (Å²) in [7, 11) is 0. The van der Waals surface area contributed by atoms with Crippen molar-refractivity contribution in [2.75, 3.05) is 13.1 Å². The van der Waals surface area contributed by atoms with Gasteiger partial charge in [0.1, 0.15) is 0 Å². The van der Waals surface area contributed by atoms with E-state index in [9.17, 15) is 10.1 Å². The van der Waals surface area contributed by atoms with Gasteiger partial charge in [0.15, 0.2) is 0 Å². The molecule has 0 bridgehead atoms. The lowest BCUT2D eigenvalue weighted by Gasteiger charge is -2.36. The molecule has 22 heavy (non-hydrogen) atoms. The van der Waals surface area contributed by atoms with E-state index in [0.29, 0.717) is 0 Å². The first kappa shape index (κ1) is 15.1. The summed E-state index contributed by atoms with van der Waals surface area (Å²) in [6, 6.07) is 11.9. The average molecular weight is 318 g/mol. The van der Waals surface area contributed by atoms with Crippen molar-refractivity contribution >= 4 is 16.3 Å². The van der Waals surface area contributed by atoms with Crippen LogP contribution in [0.3, 0.4) is 0 Å². The Morgan fingerprint density at radius 3 is 2.82 bits per heavy atom. The van der Waals surface area contributed by atoms with Gasteiger partial charge in [-0.3, -0.25) is 15.0 Å². The number of rotatable bonds is 4. The van der Waals surface area contributed by atoms with Gasteiger partial charge in [0.2, 0.25) is 0 Å². The van der Waals surface area contributed by atoms with Crippen LogP contribution in [0.4, 0.5) is 5.00 Å². The van der Waals surface area contributed by atoms with E-state index in [2.05, 4.69) is 24.0 Å². The van der Waals surface area contributed by atoms with Gasteiger partial charge in [-0.05, 0) is 18.1 Å². The summed E-state index contributed by atoms with van der Waals surface area (Å²) in [5, 5.41) is 12.9. The smallest absolute Gasteiger partial charge is 0.324 e. The van der Waals surface area contributed by atoms with Crippen molar-refractivity contribution in [2.24, 2.45) is 0 Å². The van der Waals surface area contributed by atoms with E-state index in [-0.39, 0.29) is 22.1 Å². The highest BCUT2D eigenvalue weighted by atomic mass is 32.1. The number of hydrogen-bond donors (Lipinski definition) is 0. The van der Waals surface area contributed by atoms with E-state index in [1.807, 2.05) is 23.6 Å². The monoisotopic (exact) mass is 318 g/mol. The number of benzene rings is 1. The average Bonchev–Trinajstić information content (AvgIpc) is 2.96. The van der Waals surface area contributed by atoms with E-state index in [0.717, 1.165) is 25.2 Å². The third kappa shape index (κ3) is 3.52. The van der Waals surface area contributed by atoms with E-state index in [4.69, 9.17) is 4.74 Å². The summed E-state index contributed by atoms with van der Waals surface area (Å²) in [5.41, 5.74) is 2.17. The van der Waals surface area contributed by atoms with Crippen LogP contribution in [-0.4, -0.2) is 29.0 Å². The van der Waals surface area contributed by atoms with Crippen LogP contribution in [0, 0.1) is 10.1 Å². The van der Waals surface area contributed by atoms with Crippen LogP contribution >= 0.6 is 11.3 Å². The molecule has 0 amide bonds. The molecule has 3 rings (SSSR count). The molecule has 2 aromatic rings. The van der Waals surface area contributed by atoms with Crippen molar-refractivity contribution in [1.29, 1.82) is 0 Å². The molecule has 0 spiro atoms. The van der Waals surface area contributed by atoms with Crippen molar-refractivity contribution in [3.8, 4) is 0 Å². The molecule has 0 unspecified atom stereocenters. The molecule has 0 saturated carbocycles. The van der Waals surface area contributed by atoms with Crippen molar-refractivity contribution in [1.82, 2.24) is 4.90 Å². The van der Waals surface area contributed by atoms with Crippen molar-refractivity contribution in [3.05, 3.63) is 63.0 Å². The maximum atomic E-state index is 10.8. The number of morpholine rings is 1. The highest BCUT2D eigenvalue weighted by Gasteiger charge is 2.26. The van der Waals surface area contributed by atoms with Crippen LogP contribution in [0.2, 0.25) is 0 Å². The summed E-state index contributed by atoms with van der Waals surface area (Å²) >= 11 is 1.19. The van der Waals surface area contributed by atoms with Gasteiger partial charge >= 0.3 is 5.00 Å². The Morgan fingerprint density at radius 2 is 2.14 bits per heavy atom. The van der Waals surface area contributed by atoms with Crippen molar-refractivity contribution < 1.29 is 9.66 Å². The highest BCUT2D eigenvalue weighted by Crippen LogP contribution is 2.28. The topological polar surface area (TPSA) is 55.6 Å². The minimum atomic E-state index is -0.330. The van der Waals surface area contributed by atoms with Gasteiger partial charge in [-0.15, -0.1) is 0 Å². The summed E-state index contributed by atoms with van der Waals surface area (Å²) in [6.07, 6.45) is 0.200. The van der Waals surface area contributed by atoms with Gasteiger partial charge in [0, 0.05) is 31.1 Å². The SMILES string of the molecule is C[C@H]1CN(Cc2csc([N+](=O)[O-])c2)C[C@H](c2ccccc2)O1. The molecule has 0 aliphatic carbocycles. The Kier molecular flexibility index (Phi) is 4.52. The van der Waals surface area contributed by atoms with Gasteiger partial charge in [-0.1, -0.05) is 41.7 Å². The molecule has 1 aromatic carbocycles. The Bertz CT molecular complexity index is 644. The number of ether oxygens (including phenoxy) is 1. The maximum absolute atomic E-state index is 10.8. The quantitative estimate of drug-likeness (QED) is 0.638. The molecule has 5 nitrogen and oxygen atoms in total. The van der Waals surface area contributed by atoms with Gasteiger partial charge in [0.25, 0.3) is 0 Å². The second-order valence-electron chi connectivity index (χ2n) is 5.59. The predicted octanol–water partition coefficient (Wildman–Crippen LogP) is 3.62. The molecule has 1 aromatic heterocycles. The zero-order valence-electron chi connectivity index (χ0n) is 12.3. The fraction of sp³-hybridized carbons (Fsp3) is 0.375. The predicted molar refractivity (Wildman–Crippen MR) is 86.0 cm³/mol. The molecule has 1 aliphatic heterocycles. The third-order valence-electron chi connectivity index (χ3n) is 3.73. The van der Waals surface area contributed by atoms with Crippen LogP contribution in [0.5, 0.6) is 0 Å². The second kappa shape index (κ2) is 6.56. The van der Waals surface area contributed by atoms with E-state index in [1.54, 1.807) is 6.07 Å². The summed E-state index contributed by atoms with van der Waals surface area (Å²) in [5.74, 6) is 0. The largest absolute Gasteiger partial charge is 0.368 e. The minimum Gasteiger partial charge on any atom is -0.368 e. The first-order valence-electron chi connectivity index (χ1n) is 7.26. The molecule has 1 fully saturated rings. The third-order valence-corrected chi connectivity index (χ3v) is 4.66. The Hall–Kier alpha value is -1.76. The Morgan fingerprint density at radius 1 is 1.36 bits per heavy atom. The second-order valence-corrected chi connectivity index (χ2v) is 6.48. The molecular formula is C16H18N2O3S. The number of hydrogen-bond acceptors (Lipinski definition) is 5. The van der Waals surface area contributed by atoms with Crippen LogP contribution < -0.4 is 0 Å². The summed E-state index contributed by atoms with van der Waals surface area (Å²) in [6.45, 7) is 4.44. The van der Waals surface area contributed by atoms with Gasteiger partial charge in [0.05, 0.1) is 17.1 Å². The molecule has 0 N–H and O–H groups in total. The molecule has 116 valence electrons. The molecule has 1 aliphatic rings. The van der Waals surface area contributed by atoms with Crippen LogP contribution in [0.15, 0.2) is 41.8 Å². The normalized spacial score (nSPS) is 22.6. The standard InChI is InChI=1S/C16H18N2O3S/c1-12-8-17(9-13-7-16(18(19)20)22-11-13)10-15(21-12)14-5-3-2-4-6-14/h2-7,11-12,15H,8-10H2,1H3/t12-,15+/m0/s1. The maximum Gasteiger partial charge on any atom is 0.324 e. The molecular weight excluding hydrogens is 300 g/mol. The zero-order valence-corrected chi connectivity index (χ0v) is 13.2. The molecule has 6 heteroatoms. The van der Waals surface area contributed by atoms with E-state index in [1.165, 1.54) is 16.9 Å². The lowest BCUT2D eigenvalue weighted by Crippen LogP contribution is -2.42. The molecule has 2 atom stereocenters. The first-order valence-corrected chi connectivity index (χ1v) is 8.14. The Labute approximate surface area is 133 Å². The van der Waals surface area contributed by atoms with Gasteiger partial charge in [-0.25, -0.2) is 0 Å². The lowest BCUT2D eigenvalue weighted by molar-refractivity contribution is -0.380. The number of nitrogens with zero attached hydrogens (tertiary/aromatic N) is 2.